The van der Waals surface area contributed by atoms with Crippen LogP contribution < -0.4 is 5.32 Å². The van der Waals surface area contributed by atoms with Gasteiger partial charge in [0.25, 0.3) is 0 Å². The zero-order valence-electron chi connectivity index (χ0n) is 17.8. The summed E-state index contributed by atoms with van der Waals surface area (Å²) in [6.07, 6.45) is 1.33. The lowest BCUT2D eigenvalue weighted by Gasteiger charge is -2.22. The number of carbonyl (C=O) groups excluding carboxylic acids is 2. The molecule has 2 aromatic carbocycles. The Morgan fingerprint density at radius 3 is 2.27 bits per heavy atom. The molecule has 8 nitrogen and oxygen atoms in total. The molecule has 0 radical (unpaired) electrons. The van der Waals surface area contributed by atoms with Gasteiger partial charge in [0.05, 0.1) is 0 Å². The van der Waals surface area contributed by atoms with Crippen molar-refractivity contribution in [3.63, 3.8) is 0 Å². The minimum Gasteiger partial charge on any atom is -0.341 e. The molecule has 0 saturated carbocycles. The lowest BCUT2D eigenvalue weighted by molar-refractivity contribution is -0.131. The molecule has 1 aliphatic rings. The van der Waals surface area contributed by atoms with Crippen LogP contribution in [0.1, 0.15) is 18.7 Å². The molecule has 1 aromatic heterocycles. The van der Waals surface area contributed by atoms with Gasteiger partial charge in [0.2, 0.25) is 17.6 Å². The van der Waals surface area contributed by atoms with Crippen LogP contribution in [0.4, 0.5) is 10.5 Å². The van der Waals surface area contributed by atoms with Gasteiger partial charge in [-0.15, -0.1) is 0 Å². The number of nitrogens with zero attached hydrogens (tertiary/aromatic N) is 4. The quantitative estimate of drug-likeness (QED) is 0.560. The van der Waals surface area contributed by atoms with Crippen molar-refractivity contribution >= 4 is 40.8 Å². The number of urea groups is 1. The van der Waals surface area contributed by atoms with E-state index in [0.717, 1.165) is 5.56 Å². The molecule has 33 heavy (non-hydrogen) atoms. The van der Waals surface area contributed by atoms with Gasteiger partial charge in [0, 0.05) is 60.3 Å². The topological polar surface area (TPSA) is 91.6 Å². The van der Waals surface area contributed by atoms with Crippen molar-refractivity contribution in [1.82, 2.24) is 19.9 Å². The van der Waals surface area contributed by atoms with E-state index in [0.29, 0.717) is 66.5 Å². The summed E-state index contributed by atoms with van der Waals surface area (Å²) in [5.74, 6) is 0.875. The highest BCUT2D eigenvalue weighted by Gasteiger charge is 2.22. The lowest BCUT2D eigenvalue weighted by atomic mass is 10.2. The van der Waals surface area contributed by atoms with Crippen molar-refractivity contribution in [2.45, 2.75) is 19.3 Å². The van der Waals surface area contributed by atoms with Gasteiger partial charge in [-0.25, -0.2) is 4.79 Å². The van der Waals surface area contributed by atoms with E-state index in [2.05, 4.69) is 15.5 Å². The van der Waals surface area contributed by atoms with Crippen molar-refractivity contribution in [1.29, 1.82) is 0 Å². The Hall–Kier alpha value is -3.10. The molecule has 172 valence electrons. The van der Waals surface area contributed by atoms with E-state index in [4.69, 9.17) is 27.7 Å². The van der Waals surface area contributed by atoms with Crippen LogP contribution in [0, 0.1) is 0 Å². The third kappa shape index (κ3) is 6.24. The van der Waals surface area contributed by atoms with E-state index in [9.17, 15) is 9.59 Å². The van der Waals surface area contributed by atoms with Gasteiger partial charge in [0.1, 0.15) is 0 Å². The van der Waals surface area contributed by atoms with E-state index in [1.54, 1.807) is 46.2 Å². The fourth-order valence-electron chi connectivity index (χ4n) is 3.55. The van der Waals surface area contributed by atoms with Crippen LogP contribution in [0.5, 0.6) is 0 Å². The molecule has 1 aliphatic heterocycles. The van der Waals surface area contributed by atoms with Crippen molar-refractivity contribution in [3.05, 3.63) is 64.5 Å². The molecule has 0 atom stereocenters. The largest absolute Gasteiger partial charge is 0.341 e. The second-order valence-corrected chi connectivity index (χ2v) is 8.55. The maximum Gasteiger partial charge on any atom is 0.321 e. The number of aryl methyl sites for hydroxylation is 1. The van der Waals surface area contributed by atoms with Crippen molar-refractivity contribution in [2.75, 3.05) is 31.5 Å². The first-order valence-electron chi connectivity index (χ1n) is 10.7. The van der Waals surface area contributed by atoms with Crippen LogP contribution in [0.25, 0.3) is 11.4 Å². The smallest absolute Gasteiger partial charge is 0.321 e. The molecule has 10 heteroatoms. The molecular weight excluding hydrogens is 465 g/mol. The third-order valence-corrected chi connectivity index (χ3v) is 5.86. The first kappa shape index (κ1) is 23.1. The van der Waals surface area contributed by atoms with Gasteiger partial charge in [-0.2, -0.15) is 4.98 Å². The standard InChI is InChI=1S/C23H23Cl2N5O3/c24-17-4-2-16(3-5-17)22-27-20(33-28-22)10-11-21(31)29-12-1-13-30(15-14-29)23(32)26-19-8-6-18(25)7-9-19/h2-9H,1,10-15H2,(H,26,32). The first-order chi connectivity index (χ1) is 16.0. The third-order valence-electron chi connectivity index (χ3n) is 5.35. The fourth-order valence-corrected chi connectivity index (χ4v) is 3.80. The van der Waals surface area contributed by atoms with Gasteiger partial charge in [-0.3, -0.25) is 4.79 Å². The number of benzene rings is 2. The molecular formula is C23H23Cl2N5O3. The normalized spacial score (nSPS) is 14.1. The molecule has 0 aliphatic carbocycles. The summed E-state index contributed by atoms with van der Waals surface area (Å²) in [7, 11) is 0. The van der Waals surface area contributed by atoms with Gasteiger partial charge < -0.3 is 19.6 Å². The van der Waals surface area contributed by atoms with Crippen molar-refractivity contribution < 1.29 is 14.1 Å². The summed E-state index contributed by atoms with van der Waals surface area (Å²) >= 11 is 11.8. The average molecular weight is 488 g/mol. The van der Waals surface area contributed by atoms with Gasteiger partial charge in [-0.05, 0) is 55.0 Å². The summed E-state index contributed by atoms with van der Waals surface area (Å²) in [6, 6.07) is 13.9. The van der Waals surface area contributed by atoms with Crippen molar-refractivity contribution in [3.8, 4) is 11.4 Å². The number of anilines is 1. The maximum absolute atomic E-state index is 12.7. The molecule has 1 saturated heterocycles. The number of amides is 3. The number of rotatable bonds is 5. The zero-order valence-corrected chi connectivity index (χ0v) is 19.3. The number of hydrogen-bond acceptors (Lipinski definition) is 5. The summed E-state index contributed by atoms with van der Waals surface area (Å²) in [5.41, 5.74) is 1.48. The lowest BCUT2D eigenvalue weighted by Crippen LogP contribution is -2.39. The summed E-state index contributed by atoms with van der Waals surface area (Å²) < 4.78 is 5.29. The van der Waals surface area contributed by atoms with Crippen LogP contribution >= 0.6 is 23.2 Å². The Kier molecular flexibility index (Phi) is 7.47. The van der Waals surface area contributed by atoms with E-state index >= 15 is 0 Å². The van der Waals surface area contributed by atoms with Gasteiger partial charge in [-0.1, -0.05) is 28.4 Å². The second-order valence-electron chi connectivity index (χ2n) is 7.68. The summed E-state index contributed by atoms with van der Waals surface area (Å²) in [4.78, 5) is 33.2. The number of halogens is 2. The molecule has 0 bridgehead atoms. The van der Waals surface area contributed by atoms with E-state index < -0.39 is 0 Å². The second kappa shape index (κ2) is 10.7. The average Bonchev–Trinajstić information content (AvgIpc) is 3.15. The predicted octanol–water partition coefficient (Wildman–Crippen LogP) is 4.74. The molecule has 0 spiro atoms. The molecule has 0 unspecified atom stereocenters. The minimum absolute atomic E-state index is 0.00111. The van der Waals surface area contributed by atoms with E-state index in [1.807, 2.05) is 12.1 Å². The molecule has 1 N–H and O–H groups in total. The van der Waals surface area contributed by atoms with Gasteiger partial charge >= 0.3 is 6.03 Å². The highest BCUT2D eigenvalue weighted by Crippen LogP contribution is 2.19. The first-order valence-corrected chi connectivity index (χ1v) is 11.4. The number of carbonyl (C=O) groups is 2. The number of aromatic nitrogens is 2. The zero-order chi connectivity index (χ0) is 23.2. The highest BCUT2D eigenvalue weighted by atomic mass is 35.5. The Bertz CT molecular complexity index is 1100. The van der Waals surface area contributed by atoms with Crippen LogP contribution in [0.3, 0.4) is 0 Å². The van der Waals surface area contributed by atoms with Crippen LogP contribution in [0.2, 0.25) is 10.0 Å². The van der Waals surface area contributed by atoms with Crippen molar-refractivity contribution in [2.24, 2.45) is 0 Å². The van der Waals surface area contributed by atoms with Crippen LogP contribution in [0.15, 0.2) is 53.1 Å². The Morgan fingerprint density at radius 2 is 1.55 bits per heavy atom. The Labute approximate surface area is 201 Å². The Balaban J connectivity index is 1.26. The van der Waals surface area contributed by atoms with E-state index in [-0.39, 0.29) is 18.4 Å². The summed E-state index contributed by atoms with van der Waals surface area (Å²) in [6.45, 7) is 2.12. The van der Waals surface area contributed by atoms with Crippen LogP contribution in [-0.4, -0.2) is 58.1 Å². The Morgan fingerprint density at radius 1 is 0.909 bits per heavy atom. The predicted molar refractivity (Wildman–Crippen MR) is 126 cm³/mol. The monoisotopic (exact) mass is 487 g/mol. The molecule has 2 heterocycles. The SMILES string of the molecule is O=C(CCc1nc(-c2ccc(Cl)cc2)no1)N1CCCN(C(=O)Nc2ccc(Cl)cc2)CC1. The number of nitrogens with one attached hydrogen (secondary N) is 1. The minimum atomic E-state index is -0.188. The number of hydrogen-bond donors (Lipinski definition) is 1. The molecule has 1 fully saturated rings. The molecule has 3 amide bonds. The van der Waals surface area contributed by atoms with Gasteiger partial charge in [0.15, 0.2) is 0 Å². The molecule has 4 rings (SSSR count). The highest BCUT2D eigenvalue weighted by molar-refractivity contribution is 6.30. The maximum atomic E-state index is 12.7. The van der Waals surface area contributed by atoms with Crippen LogP contribution in [-0.2, 0) is 11.2 Å². The van der Waals surface area contributed by atoms with E-state index in [1.165, 1.54) is 0 Å². The molecule has 3 aromatic rings. The fraction of sp³-hybridized carbons (Fsp3) is 0.304. The summed E-state index contributed by atoms with van der Waals surface area (Å²) in [5, 5.41) is 8.08.